The van der Waals surface area contributed by atoms with E-state index in [1.807, 2.05) is 48.5 Å². The van der Waals surface area contributed by atoms with E-state index >= 15 is 0 Å². The Labute approximate surface area is 197 Å². The van der Waals surface area contributed by atoms with E-state index in [1.54, 1.807) is 17.8 Å². The zero-order chi connectivity index (χ0) is 22.8. The van der Waals surface area contributed by atoms with Crippen molar-refractivity contribution in [3.8, 4) is 0 Å². The van der Waals surface area contributed by atoms with Crippen LogP contribution in [0.3, 0.4) is 0 Å². The van der Waals surface area contributed by atoms with Gasteiger partial charge in [0.1, 0.15) is 0 Å². The van der Waals surface area contributed by atoms with E-state index in [2.05, 4.69) is 44.5 Å². The van der Waals surface area contributed by atoms with Gasteiger partial charge in [-0.2, -0.15) is 5.10 Å². The average Bonchev–Trinajstić information content (AvgIpc) is 3.22. The first-order valence-electron chi connectivity index (χ1n) is 10.9. The number of fused-ring (bicyclic) bond motifs is 1. The minimum atomic E-state index is -0.271. The number of hydrogen-bond acceptors (Lipinski definition) is 6. The van der Waals surface area contributed by atoms with Gasteiger partial charge in [0.2, 0.25) is 0 Å². The van der Waals surface area contributed by atoms with Crippen molar-refractivity contribution < 1.29 is 4.79 Å². The Morgan fingerprint density at radius 2 is 1.79 bits per heavy atom. The monoisotopic (exact) mass is 458 g/mol. The summed E-state index contributed by atoms with van der Waals surface area (Å²) >= 11 is 1.67. The molecule has 1 aliphatic rings. The van der Waals surface area contributed by atoms with E-state index in [-0.39, 0.29) is 5.91 Å². The minimum Gasteiger partial charge on any atom is -0.398 e. The van der Waals surface area contributed by atoms with Crippen molar-refractivity contribution in [1.29, 1.82) is 0 Å². The number of aromatic nitrogens is 2. The fourth-order valence-corrected chi connectivity index (χ4v) is 4.85. The number of amides is 1. The van der Waals surface area contributed by atoms with Crippen LogP contribution >= 0.6 is 11.8 Å². The van der Waals surface area contributed by atoms with Crippen molar-refractivity contribution in [1.82, 2.24) is 15.1 Å². The number of rotatable bonds is 5. The number of aromatic amines is 1. The molecule has 1 aliphatic heterocycles. The molecule has 1 aromatic heterocycles. The van der Waals surface area contributed by atoms with E-state index in [0.29, 0.717) is 17.1 Å². The molecule has 0 radical (unpaired) electrons. The van der Waals surface area contributed by atoms with E-state index in [1.165, 1.54) is 0 Å². The molecule has 168 valence electrons. The Morgan fingerprint density at radius 3 is 2.55 bits per heavy atom. The van der Waals surface area contributed by atoms with Crippen molar-refractivity contribution in [2.24, 2.45) is 0 Å². The van der Waals surface area contributed by atoms with Crippen LogP contribution in [-0.4, -0.2) is 54.2 Å². The maximum absolute atomic E-state index is 13.0. The summed E-state index contributed by atoms with van der Waals surface area (Å²) < 4.78 is 0. The summed E-state index contributed by atoms with van der Waals surface area (Å²) in [4.78, 5) is 19.8. The lowest BCUT2D eigenvalue weighted by Crippen LogP contribution is -2.44. The standard InChI is InChI=1S/C25H26N6OS/c1-30-11-13-31(14-12-30)17-7-9-20(22(26)15-17)25(32)27-24-21-16-19(8-10-23(21)28-29-24)33-18-5-3-2-4-6-18/h2-10,15-16H,11-14,26H2,1H3,(H2,27,28,29,32). The van der Waals surface area contributed by atoms with Crippen molar-refractivity contribution in [3.63, 3.8) is 0 Å². The SMILES string of the molecule is CN1CCN(c2ccc(C(=O)Nc3n[nH]c4ccc(Sc5ccccc5)cc34)c(N)c2)CC1. The highest BCUT2D eigenvalue weighted by Crippen LogP contribution is 2.32. The molecular formula is C25H26N6OS. The smallest absolute Gasteiger partial charge is 0.258 e. The molecular weight excluding hydrogens is 432 g/mol. The number of hydrogen-bond donors (Lipinski definition) is 3. The van der Waals surface area contributed by atoms with E-state index in [0.717, 1.165) is 52.6 Å². The first-order valence-corrected chi connectivity index (χ1v) is 11.7. The Morgan fingerprint density at radius 1 is 1.00 bits per heavy atom. The second-order valence-corrected chi connectivity index (χ2v) is 9.36. The third-order valence-corrected chi connectivity index (χ3v) is 6.89. The number of benzene rings is 3. The van der Waals surface area contributed by atoms with E-state index in [9.17, 15) is 4.79 Å². The van der Waals surface area contributed by atoms with Gasteiger partial charge in [0.15, 0.2) is 5.82 Å². The topological polar surface area (TPSA) is 90.3 Å². The molecule has 0 spiro atoms. The lowest BCUT2D eigenvalue weighted by atomic mass is 10.1. The van der Waals surface area contributed by atoms with Gasteiger partial charge in [-0.3, -0.25) is 9.89 Å². The molecule has 4 N–H and O–H groups in total. The zero-order valence-corrected chi connectivity index (χ0v) is 19.2. The van der Waals surface area contributed by atoms with Crippen molar-refractivity contribution >= 4 is 45.8 Å². The molecule has 7 nitrogen and oxygen atoms in total. The number of anilines is 3. The number of nitrogens with zero attached hydrogens (tertiary/aromatic N) is 3. The summed E-state index contributed by atoms with van der Waals surface area (Å²) in [7, 11) is 2.13. The molecule has 4 aromatic rings. The molecule has 1 amide bonds. The molecule has 1 saturated heterocycles. The van der Waals surface area contributed by atoms with Crippen LogP contribution in [0.5, 0.6) is 0 Å². The molecule has 8 heteroatoms. The van der Waals surface area contributed by atoms with Gasteiger partial charge in [-0.15, -0.1) is 0 Å². The average molecular weight is 459 g/mol. The first kappa shape index (κ1) is 21.4. The van der Waals surface area contributed by atoms with Gasteiger partial charge >= 0.3 is 0 Å². The summed E-state index contributed by atoms with van der Waals surface area (Å²) in [6.45, 7) is 3.92. The Bertz CT molecular complexity index is 1280. The van der Waals surface area contributed by atoms with Crippen LogP contribution in [0, 0.1) is 0 Å². The minimum absolute atomic E-state index is 0.271. The highest BCUT2D eigenvalue weighted by atomic mass is 32.2. The first-order chi connectivity index (χ1) is 16.1. The third kappa shape index (κ3) is 4.67. The van der Waals surface area contributed by atoms with Gasteiger partial charge in [0.05, 0.1) is 11.1 Å². The molecule has 0 aliphatic carbocycles. The molecule has 0 unspecified atom stereocenters. The second-order valence-electron chi connectivity index (χ2n) is 8.21. The highest BCUT2D eigenvalue weighted by Gasteiger charge is 2.18. The number of nitrogens with one attached hydrogen (secondary N) is 2. The molecule has 1 fully saturated rings. The zero-order valence-electron chi connectivity index (χ0n) is 18.4. The van der Waals surface area contributed by atoms with Crippen LogP contribution in [0.4, 0.5) is 17.2 Å². The van der Waals surface area contributed by atoms with Crippen LogP contribution in [0.25, 0.3) is 10.9 Å². The number of piperazine rings is 1. The van der Waals surface area contributed by atoms with Crippen molar-refractivity contribution in [3.05, 3.63) is 72.3 Å². The van der Waals surface area contributed by atoms with E-state index in [4.69, 9.17) is 5.73 Å². The quantitative estimate of drug-likeness (QED) is 0.386. The van der Waals surface area contributed by atoms with Crippen molar-refractivity contribution in [2.45, 2.75) is 9.79 Å². The fourth-order valence-electron chi connectivity index (χ4n) is 3.97. The third-order valence-electron chi connectivity index (χ3n) is 5.89. The molecule has 5 rings (SSSR count). The number of H-pyrrole nitrogens is 1. The molecule has 0 saturated carbocycles. The number of carbonyl (C=O) groups is 1. The molecule has 33 heavy (non-hydrogen) atoms. The van der Waals surface area contributed by atoms with Crippen LogP contribution in [-0.2, 0) is 0 Å². The number of nitrogen functional groups attached to an aromatic ring is 1. The maximum Gasteiger partial charge on any atom is 0.258 e. The summed E-state index contributed by atoms with van der Waals surface area (Å²) in [6, 6.07) is 21.9. The Kier molecular flexibility index (Phi) is 5.93. The van der Waals surface area contributed by atoms with Gasteiger partial charge in [0, 0.05) is 52.7 Å². The molecule has 2 heterocycles. The largest absolute Gasteiger partial charge is 0.398 e. The second kappa shape index (κ2) is 9.17. The van der Waals surface area contributed by atoms with Gasteiger partial charge in [0.25, 0.3) is 5.91 Å². The lowest BCUT2D eigenvalue weighted by Gasteiger charge is -2.34. The maximum atomic E-state index is 13.0. The molecule has 0 atom stereocenters. The summed E-state index contributed by atoms with van der Waals surface area (Å²) in [6.07, 6.45) is 0. The van der Waals surface area contributed by atoms with Gasteiger partial charge < -0.3 is 20.9 Å². The molecule has 3 aromatic carbocycles. The van der Waals surface area contributed by atoms with Crippen LogP contribution in [0.1, 0.15) is 10.4 Å². The summed E-state index contributed by atoms with van der Waals surface area (Å²) in [5.41, 5.74) is 9.09. The lowest BCUT2D eigenvalue weighted by molar-refractivity contribution is 0.102. The van der Waals surface area contributed by atoms with E-state index < -0.39 is 0 Å². The normalized spacial score (nSPS) is 14.5. The molecule has 0 bridgehead atoms. The van der Waals surface area contributed by atoms with Crippen LogP contribution in [0.2, 0.25) is 0 Å². The van der Waals surface area contributed by atoms with Gasteiger partial charge in [-0.1, -0.05) is 30.0 Å². The van der Waals surface area contributed by atoms with Crippen LogP contribution < -0.4 is 16.0 Å². The van der Waals surface area contributed by atoms with Gasteiger partial charge in [-0.05, 0) is 55.6 Å². The van der Waals surface area contributed by atoms with Crippen LogP contribution in [0.15, 0.2) is 76.5 Å². The highest BCUT2D eigenvalue weighted by molar-refractivity contribution is 7.99. The Balaban J connectivity index is 1.34. The summed E-state index contributed by atoms with van der Waals surface area (Å²) in [5, 5.41) is 11.1. The number of likely N-dealkylation sites (N-methyl/N-ethyl adjacent to an activating group) is 1. The van der Waals surface area contributed by atoms with Gasteiger partial charge in [-0.25, -0.2) is 0 Å². The predicted molar refractivity (Wildman–Crippen MR) is 135 cm³/mol. The fraction of sp³-hybridized carbons (Fsp3) is 0.200. The number of nitrogens with two attached hydrogens (primary N) is 1. The number of carbonyl (C=O) groups excluding carboxylic acids is 1. The summed E-state index contributed by atoms with van der Waals surface area (Å²) in [5.74, 6) is 0.222. The Hall–Kier alpha value is -3.49. The van der Waals surface area contributed by atoms with Crippen molar-refractivity contribution in [2.75, 3.05) is 49.2 Å². The predicted octanol–water partition coefficient (Wildman–Crippen LogP) is 4.30.